The first kappa shape index (κ1) is 13.6. The van der Waals surface area contributed by atoms with Crippen LogP contribution in [0.3, 0.4) is 0 Å². The summed E-state index contributed by atoms with van der Waals surface area (Å²) in [6, 6.07) is 6.21. The predicted molar refractivity (Wildman–Crippen MR) is 73.7 cm³/mol. The summed E-state index contributed by atoms with van der Waals surface area (Å²) in [4.78, 5) is 14.3. The largest absolute Gasteiger partial charge is 0.391 e. The molecule has 2 aliphatic rings. The predicted octanol–water partition coefficient (Wildman–Crippen LogP) is 2.09. The molecule has 1 aromatic carbocycles. The summed E-state index contributed by atoms with van der Waals surface area (Å²) in [5.41, 5.74) is 0.405. The Morgan fingerprint density at radius 3 is 2.50 bits per heavy atom. The number of carbonyl (C=O) groups is 1. The second-order valence-electron chi connectivity index (χ2n) is 6.18. The maximum absolute atomic E-state index is 13.0. The smallest absolute Gasteiger partial charge is 0.233 e. The number of rotatable bonds is 5. The first-order chi connectivity index (χ1) is 9.53. The minimum absolute atomic E-state index is 0.0452. The van der Waals surface area contributed by atoms with E-state index in [1.165, 1.54) is 12.1 Å². The van der Waals surface area contributed by atoms with Gasteiger partial charge in [0, 0.05) is 13.6 Å². The minimum atomic E-state index is -0.480. The molecule has 0 aliphatic heterocycles. The van der Waals surface area contributed by atoms with Crippen molar-refractivity contribution in [3.63, 3.8) is 0 Å². The van der Waals surface area contributed by atoms with Gasteiger partial charge in [0.15, 0.2) is 0 Å². The number of likely N-dealkylation sites (N-methyl/N-ethyl adjacent to an activating group) is 1. The molecule has 2 aliphatic carbocycles. The third-order valence-electron chi connectivity index (χ3n) is 4.53. The van der Waals surface area contributed by atoms with Crippen LogP contribution < -0.4 is 0 Å². The number of halogens is 1. The number of nitrogens with zero attached hydrogens (tertiary/aromatic N) is 1. The summed E-state index contributed by atoms with van der Waals surface area (Å²) in [5, 5.41) is 9.96. The van der Waals surface area contributed by atoms with E-state index in [-0.39, 0.29) is 11.7 Å². The van der Waals surface area contributed by atoms with E-state index in [2.05, 4.69) is 0 Å². The quantitative estimate of drug-likeness (QED) is 0.895. The molecule has 2 saturated carbocycles. The Morgan fingerprint density at radius 2 is 2.00 bits per heavy atom. The van der Waals surface area contributed by atoms with E-state index >= 15 is 0 Å². The van der Waals surface area contributed by atoms with Crippen molar-refractivity contribution in [1.29, 1.82) is 0 Å². The van der Waals surface area contributed by atoms with E-state index in [4.69, 9.17) is 0 Å². The third kappa shape index (κ3) is 2.44. The van der Waals surface area contributed by atoms with Gasteiger partial charge in [-0.1, -0.05) is 12.1 Å². The average molecular weight is 277 g/mol. The Balaban J connectivity index is 1.70. The van der Waals surface area contributed by atoms with Gasteiger partial charge in [-0.05, 0) is 49.3 Å². The summed E-state index contributed by atoms with van der Waals surface area (Å²) in [5.74, 6) is 0.129. The second kappa shape index (κ2) is 4.85. The van der Waals surface area contributed by atoms with Crippen LogP contribution in [0.15, 0.2) is 24.3 Å². The highest BCUT2D eigenvalue weighted by Crippen LogP contribution is 2.49. The molecule has 0 saturated heterocycles. The van der Waals surface area contributed by atoms with Gasteiger partial charge < -0.3 is 10.0 Å². The van der Waals surface area contributed by atoms with Crippen LogP contribution in [0, 0.1) is 11.7 Å². The number of hydrogen-bond donors (Lipinski definition) is 1. The number of carbonyl (C=O) groups excluding carboxylic acids is 1. The summed E-state index contributed by atoms with van der Waals surface area (Å²) in [7, 11) is 1.75. The highest BCUT2D eigenvalue weighted by molar-refractivity contribution is 5.91. The molecule has 1 N–H and O–H groups in total. The van der Waals surface area contributed by atoms with Crippen LogP contribution in [-0.2, 0) is 10.2 Å². The first-order valence-corrected chi connectivity index (χ1v) is 7.22. The molecule has 0 bridgehead atoms. The molecule has 2 fully saturated rings. The van der Waals surface area contributed by atoms with Gasteiger partial charge in [-0.15, -0.1) is 0 Å². The summed E-state index contributed by atoms with van der Waals surface area (Å²) >= 11 is 0. The summed E-state index contributed by atoms with van der Waals surface area (Å²) in [6.45, 7) is 0.395. The maximum Gasteiger partial charge on any atom is 0.233 e. The number of hydrogen-bond acceptors (Lipinski definition) is 2. The van der Waals surface area contributed by atoms with E-state index in [1.54, 1.807) is 24.1 Å². The molecule has 0 aromatic heterocycles. The number of aliphatic hydroxyl groups is 1. The van der Waals surface area contributed by atoms with Gasteiger partial charge in [0.25, 0.3) is 0 Å². The second-order valence-corrected chi connectivity index (χ2v) is 6.18. The lowest BCUT2D eigenvalue weighted by molar-refractivity contribution is -0.134. The van der Waals surface area contributed by atoms with Gasteiger partial charge in [0.1, 0.15) is 5.82 Å². The Labute approximate surface area is 118 Å². The number of aliphatic hydroxyl groups excluding tert-OH is 1. The Morgan fingerprint density at radius 1 is 1.40 bits per heavy atom. The molecule has 1 amide bonds. The number of amides is 1. The van der Waals surface area contributed by atoms with Crippen LogP contribution in [0.5, 0.6) is 0 Å². The molecule has 20 heavy (non-hydrogen) atoms. The molecule has 1 aromatic rings. The van der Waals surface area contributed by atoms with Gasteiger partial charge in [0.05, 0.1) is 11.5 Å². The molecular weight excluding hydrogens is 257 g/mol. The summed E-state index contributed by atoms with van der Waals surface area (Å²) < 4.78 is 13.0. The van der Waals surface area contributed by atoms with Crippen molar-refractivity contribution >= 4 is 5.91 Å². The number of benzene rings is 1. The maximum atomic E-state index is 13.0. The van der Waals surface area contributed by atoms with Crippen LogP contribution in [0.25, 0.3) is 0 Å². The van der Waals surface area contributed by atoms with Crippen LogP contribution in [0.1, 0.15) is 31.2 Å². The van der Waals surface area contributed by atoms with Crippen LogP contribution in [0.2, 0.25) is 0 Å². The molecule has 3 nitrogen and oxygen atoms in total. The zero-order valence-electron chi connectivity index (χ0n) is 11.7. The van der Waals surface area contributed by atoms with Gasteiger partial charge in [-0.3, -0.25) is 4.79 Å². The molecule has 108 valence electrons. The topological polar surface area (TPSA) is 40.5 Å². The lowest BCUT2D eigenvalue weighted by Crippen LogP contribution is -2.41. The lowest BCUT2D eigenvalue weighted by Gasteiger charge is -2.26. The molecule has 0 heterocycles. The Hall–Kier alpha value is -1.42. The van der Waals surface area contributed by atoms with Crippen molar-refractivity contribution in [1.82, 2.24) is 4.90 Å². The normalized spacial score (nSPS) is 21.4. The molecular formula is C16H20FNO2. The van der Waals surface area contributed by atoms with Gasteiger partial charge in [-0.2, -0.15) is 0 Å². The van der Waals surface area contributed by atoms with Gasteiger partial charge >= 0.3 is 0 Å². The van der Waals surface area contributed by atoms with Crippen molar-refractivity contribution in [3.05, 3.63) is 35.6 Å². The Bertz CT molecular complexity index is 506. The lowest BCUT2D eigenvalue weighted by atomic mass is 9.94. The monoisotopic (exact) mass is 277 g/mol. The molecule has 1 unspecified atom stereocenters. The molecule has 4 heteroatoms. The average Bonchev–Trinajstić information content (AvgIpc) is 3.29. The van der Waals surface area contributed by atoms with Crippen molar-refractivity contribution in [2.45, 2.75) is 37.2 Å². The zero-order chi connectivity index (χ0) is 14.3. The van der Waals surface area contributed by atoms with E-state index in [0.29, 0.717) is 12.5 Å². The third-order valence-corrected chi connectivity index (χ3v) is 4.53. The van der Waals surface area contributed by atoms with Crippen molar-refractivity contribution in [2.75, 3.05) is 13.6 Å². The van der Waals surface area contributed by atoms with Crippen LogP contribution in [-0.4, -0.2) is 35.6 Å². The highest BCUT2D eigenvalue weighted by atomic mass is 19.1. The zero-order valence-corrected chi connectivity index (χ0v) is 11.7. The van der Waals surface area contributed by atoms with Gasteiger partial charge in [-0.25, -0.2) is 4.39 Å². The molecule has 3 rings (SSSR count). The summed E-state index contributed by atoms with van der Waals surface area (Å²) in [6.07, 6.45) is 3.33. The van der Waals surface area contributed by atoms with Crippen molar-refractivity contribution < 1.29 is 14.3 Å². The molecule has 1 atom stereocenters. The Kier molecular flexibility index (Phi) is 3.28. The first-order valence-electron chi connectivity index (χ1n) is 7.22. The minimum Gasteiger partial charge on any atom is -0.391 e. The van der Waals surface area contributed by atoms with Crippen molar-refractivity contribution in [3.8, 4) is 0 Å². The van der Waals surface area contributed by atoms with Crippen LogP contribution >= 0.6 is 0 Å². The van der Waals surface area contributed by atoms with Gasteiger partial charge in [0.2, 0.25) is 5.91 Å². The van der Waals surface area contributed by atoms with E-state index in [9.17, 15) is 14.3 Å². The van der Waals surface area contributed by atoms with E-state index < -0.39 is 11.5 Å². The fourth-order valence-electron chi connectivity index (χ4n) is 2.88. The standard InChI is InChI=1S/C16H20FNO2/c1-18(10-14(19)11-2-3-11)15(20)16(8-9-16)12-4-6-13(17)7-5-12/h4-7,11,14,19H,2-3,8-10H2,1H3. The van der Waals surface area contributed by atoms with Crippen LogP contribution in [0.4, 0.5) is 4.39 Å². The SMILES string of the molecule is CN(CC(O)C1CC1)C(=O)C1(c2ccc(F)cc2)CC1. The fraction of sp³-hybridized carbons (Fsp3) is 0.562. The molecule has 0 spiro atoms. The highest BCUT2D eigenvalue weighted by Gasteiger charge is 2.52. The van der Waals surface area contributed by atoms with Crippen molar-refractivity contribution in [2.24, 2.45) is 5.92 Å². The fourth-order valence-corrected chi connectivity index (χ4v) is 2.88. The van der Waals surface area contributed by atoms with E-state index in [1.807, 2.05) is 0 Å². The molecule has 0 radical (unpaired) electrons. The van der Waals surface area contributed by atoms with E-state index in [0.717, 1.165) is 31.2 Å².